The molecule has 4 nitrogen and oxygen atoms in total. The van der Waals surface area contributed by atoms with Crippen molar-refractivity contribution in [3.63, 3.8) is 0 Å². The van der Waals surface area contributed by atoms with Gasteiger partial charge in [-0.15, -0.1) is 0 Å². The van der Waals surface area contributed by atoms with Crippen LogP contribution in [0, 0.1) is 5.92 Å². The number of benzene rings is 2. The molecule has 0 saturated carbocycles. The van der Waals surface area contributed by atoms with Crippen molar-refractivity contribution in [3.8, 4) is 0 Å². The second kappa shape index (κ2) is 7.73. The van der Waals surface area contributed by atoms with Gasteiger partial charge in [0.25, 0.3) is 5.91 Å². The summed E-state index contributed by atoms with van der Waals surface area (Å²) in [4.78, 5) is 29.5. The van der Waals surface area contributed by atoms with Gasteiger partial charge in [-0.3, -0.25) is 9.59 Å². The lowest BCUT2D eigenvalue weighted by atomic mass is 10.0. The molecule has 1 aliphatic heterocycles. The lowest BCUT2D eigenvalue weighted by Gasteiger charge is -2.31. The molecule has 2 aromatic rings. The van der Waals surface area contributed by atoms with E-state index in [0.717, 1.165) is 16.7 Å². The Morgan fingerprint density at radius 1 is 1.08 bits per heavy atom. The Morgan fingerprint density at radius 2 is 1.73 bits per heavy atom. The lowest BCUT2D eigenvalue weighted by Crippen LogP contribution is -2.48. The summed E-state index contributed by atoms with van der Waals surface area (Å²) >= 11 is 0. The smallest absolute Gasteiger partial charge is 0.255 e. The highest BCUT2D eigenvalue weighted by atomic mass is 16.2. The van der Waals surface area contributed by atoms with E-state index in [4.69, 9.17) is 0 Å². The van der Waals surface area contributed by atoms with E-state index in [1.807, 2.05) is 61.6 Å². The van der Waals surface area contributed by atoms with Gasteiger partial charge in [-0.25, -0.2) is 0 Å². The molecule has 0 aliphatic carbocycles. The second-order valence-electron chi connectivity index (χ2n) is 7.42. The van der Waals surface area contributed by atoms with Crippen LogP contribution in [0.15, 0.2) is 54.6 Å². The molecule has 0 N–H and O–H groups in total. The quantitative estimate of drug-likeness (QED) is 0.797. The number of hydrogen-bond acceptors (Lipinski definition) is 2. The van der Waals surface area contributed by atoms with Crippen LogP contribution in [0.5, 0.6) is 0 Å². The van der Waals surface area contributed by atoms with Crippen molar-refractivity contribution in [1.82, 2.24) is 9.80 Å². The summed E-state index contributed by atoms with van der Waals surface area (Å²) in [7, 11) is 1.82. The minimum atomic E-state index is -0.427. The van der Waals surface area contributed by atoms with Crippen molar-refractivity contribution in [1.29, 1.82) is 0 Å². The highest BCUT2D eigenvalue weighted by Gasteiger charge is 2.37. The van der Waals surface area contributed by atoms with E-state index in [9.17, 15) is 9.59 Å². The third kappa shape index (κ3) is 3.79. The van der Waals surface area contributed by atoms with E-state index in [2.05, 4.69) is 13.8 Å². The first-order valence-corrected chi connectivity index (χ1v) is 9.15. The van der Waals surface area contributed by atoms with Crippen LogP contribution in [0.3, 0.4) is 0 Å². The van der Waals surface area contributed by atoms with E-state index in [1.165, 1.54) is 0 Å². The molecule has 0 spiro atoms. The molecule has 26 heavy (non-hydrogen) atoms. The Hall–Kier alpha value is -2.62. The third-order valence-corrected chi connectivity index (χ3v) is 4.84. The van der Waals surface area contributed by atoms with Crippen LogP contribution < -0.4 is 0 Å². The van der Waals surface area contributed by atoms with E-state index >= 15 is 0 Å². The minimum absolute atomic E-state index is 0.00343. The number of carbonyl (C=O) groups is 2. The summed E-state index contributed by atoms with van der Waals surface area (Å²) in [5.74, 6) is 0.294. The van der Waals surface area contributed by atoms with Crippen LogP contribution in [0.4, 0.5) is 0 Å². The molecule has 1 aliphatic rings. The summed E-state index contributed by atoms with van der Waals surface area (Å²) in [6.45, 7) is 5.23. The molecule has 1 atom stereocenters. The highest BCUT2D eigenvalue weighted by molar-refractivity contribution is 6.01. The van der Waals surface area contributed by atoms with Gasteiger partial charge in [-0.2, -0.15) is 0 Å². The maximum atomic E-state index is 13.2. The largest absolute Gasteiger partial charge is 0.340 e. The van der Waals surface area contributed by atoms with Crippen molar-refractivity contribution in [2.45, 2.75) is 39.4 Å². The topological polar surface area (TPSA) is 40.6 Å². The minimum Gasteiger partial charge on any atom is -0.340 e. The first-order chi connectivity index (χ1) is 12.5. The van der Waals surface area contributed by atoms with Crippen LogP contribution >= 0.6 is 0 Å². The average molecular weight is 350 g/mol. The van der Waals surface area contributed by atoms with Gasteiger partial charge in [0, 0.05) is 25.7 Å². The Labute approximate surface area is 155 Å². The Kier molecular flexibility index (Phi) is 5.40. The molecule has 136 valence electrons. The van der Waals surface area contributed by atoms with Crippen LogP contribution in [-0.4, -0.2) is 34.7 Å². The Morgan fingerprint density at radius 3 is 2.38 bits per heavy atom. The molecule has 0 radical (unpaired) electrons. The van der Waals surface area contributed by atoms with Crippen LogP contribution in [0.1, 0.15) is 41.8 Å². The summed E-state index contributed by atoms with van der Waals surface area (Å²) < 4.78 is 0. The zero-order valence-corrected chi connectivity index (χ0v) is 15.7. The first kappa shape index (κ1) is 18.2. The number of fused-ring (bicyclic) bond motifs is 1. The van der Waals surface area contributed by atoms with Crippen LogP contribution in [0.25, 0.3) is 0 Å². The van der Waals surface area contributed by atoms with Gasteiger partial charge in [0.2, 0.25) is 5.91 Å². The average Bonchev–Trinajstić information content (AvgIpc) is 2.97. The fraction of sp³-hybridized carbons (Fsp3) is 0.364. The monoisotopic (exact) mass is 350 g/mol. The predicted octanol–water partition coefficient (Wildman–Crippen LogP) is 3.72. The molecule has 2 amide bonds. The molecular formula is C22H26N2O2. The normalized spacial score (nSPS) is 14.5. The zero-order valence-electron chi connectivity index (χ0n) is 15.7. The maximum absolute atomic E-state index is 13.2. The summed E-state index contributed by atoms with van der Waals surface area (Å²) in [5, 5.41) is 0. The van der Waals surface area contributed by atoms with Gasteiger partial charge in [0.15, 0.2) is 0 Å². The second-order valence-corrected chi connectivity index (χ2v) is 7.42. The standard InChI is InChI=1S/C22H26N2O2/c1-16(2)13-20(22(26)23(3)14-17-9-5-4-6-10-17)24-15-18-11-7-8-12-19(18)21(24)25/h4-12,16,20H,13-15H2,1-3H3. The maximum Gasteiger partial charge on any atom is 0.255 e. The van der Waals surface area contributed by atoms with Crippen molar-refractivity contribution < 1.29 is 9.59 Å². The molecule has 3 rings (SSSR count). The number of hydrogen-bond donors (Lipinski definition) is 0. The van der Waals surface area contributed by atoms with Gasteiger partial charge < -0.3 is 9.80 Å². The molecule has 2 aromatic carbocycles. The molecule has 1 unspecified atom stereocenters. The molecule has 0 saturated heterocycles. The predicted molar refractivity (Wildman–Crippen MR) is 102 cm³/mol. The van der Waals surface area contributed by atoms with Crippen molar-refractivity contribution in [3.05, 3.63) is 71.3 Å². The first-order valence-electron chi connectivity index (χ1n) is 9.15. The van der Waals surface area contributed by atoms with E-state index < -0.39 is 6.04 Å². The van der Waals surface area contributed by atoms with Crippen molar-refractivity contribution in [2.75, 3.05) is 7.05 Å². The van der Waals surface area contributed by atoms with Gasteiger partial charge in [0.1, 0.15) is 6.04 Å². The fourth-order valence-corrected chi connectivity index (χ4v) is 3.53. The summed E-state index contributed by atoms with van der Waals surface area (Å²) in [6.07, 6.45) is 0.664. The van der Waals surface area contributed by atoms with E-state index in [-0.39, 0.29) is 11.8 Å². The van der Waals surface area contributed by atoms with Crippen LogP contribution in [-0.2, 0) is 17.9 Å². The van der Waals surface area contributed by atoms with E-state index in [0.29, 0.717) is 25.4 Å². The number of likely N-dealkylation sites (N-methyl/N-ethyl adjacent to an activating group) is 1. The molecule has 0 bridgehead atoms. The van der Waals surface area contributed by atoms with Gasteiger partial charge in [-0.1, -0.05) is 62.4 Å². The molecular weight excluding hydrogens is 324 g/mol. The van der Waals surface area contributed by atoms with Crippen LogP contribution in [0.2, 0.25) is 0 Å². The SMILES string of the molecule is CC(C)CC(C(=O)N(C)Cc1ccccc1)N1Cc2ccccc2C1=O. The fourth-order valence-electron chi connectivity index (χ4n) is 3.53. The van der Waals surface area contributed by atoms with Gasteiger partial charge in [0.05, 0.1) is 0 Å². The summed E-state index contributed by atoms with van der Waals surface area (Å²) in [6, 6.07) is 17.1. The lowest BCUT2D eigenvalue weighted by molar-refractivity contribution is -0.136. The highest BCUT2D eigenvalue weighted by Crippen LogP contribution is 2.27. The number of amides is 2. The van der Waals surface area contributed by atoms with E-state index in [1.54, 1.807) is 9.80 Å². The molecule has 0 aromatic heterocycles. The summed E-state index contributed by atoms with van der Waals surface area (Å²) in [5.41, 5.74) is 2.81. The van der Waals surface area contributed by atoms with Gasteiger partial charge in [-0.05, 0) is 29.5 Å². The molecule has 0 fully saturated rings. The van der Waals surface area contributed by atoms with Crippen molar-refractivity contribution in [2.24, 2.45) is 5.92 Å². The number of carbonyl (C=O) groups excluding carboxylic acids is 2. The zero-order chi connectivity index (χ0) is 18.7. The van der Waals surface area contributed by atoms with Crippen molar-refractivity contribution >= 4 is 11.8 Å². The number of rotatable bonds is 6. The molecule has 1 heterocycles. The van der Waals surface area contributed by atoms with Gasteiger partial charge >= 0.3 is 0 Å². The third-order valence-electron chi connectivity index (χ3n) is 4.84. The Bertz CT molecular complexity index is 786. The number of nitrogens with zero attached hydrogens (tertiary/aromatic N) is 2. The molecule has 4 heteroatoms. The Balaban J connectivity index is 1.80.